The molecule has 1 saturated heterocycles. The number of hydrogen-bond acceptors (Lipinski definition) is 5. The van der Waals surface area contributed by atoms with Gasteiger partial charge in [0.1, 0.15) is 5.56 Å². The summed E-state index contributed by atoms with van der Waals surface area (Å²) in [7, 11) is 2.07. The van der Waals surface area contributed by atoms with E-state index in [4.69, 9.17) is 0 Å². The van der Waals surface area contributed by atoms with Gasteiger partial charge in [0, 0.05) is 37.8 Å². The van der Waals surface area contributed by atoms with Crippen LogP contribution in [0.25, 0.3) is 10.9 Å². The Bertz CT molecular complexity index is 953. The van der Waals surface area contributed by atoms with Crippen LogP contribution in [0, 0.1) is 0 Å². The number of anilines is 1. The third-order valence-corrected chi connectivity index (χ3v) is 6.51. The number of pyridine rings is 1. The highest BCUT2D eigenvalue weighted by Crippen LogP contribution is 2.46. The Morgan fingerprint density at radius 2 is 1.96 bits per heavy atom. The summed E-state index contributed by atoms with van der Waals surface area (Å²) in [4.78, 5) is 29.2. The SMILES string of the molecule is CC1C(F)Sc2c(N3CCN(C)CC3)ccc3c(=O)c(C(=O)O)cn1c23. The van der Waals surface area contributed by atoms with Gasteiger partial charge in [-0.1, -0.05) is 11.8 Å². The molecule has 26 heavy (non-hydrogen) atoms. The summed E-state index contributed by atoms with van der Waals surface area (Å²) in [6, 6.07) is 2.97. The number of rotatable bonds is 2. The van der Waals surface area contributed by atoms with Crippen LogP contribution in [0.1, 0.15) is 23.3 Å². The van der Waals surface area contributed by atoms with E-state index < -0.39 is 22.9 Å². The lowest BCUT2D eigenvalue weighted by Crippen LogP contribution is -2.44. The lowest BCUT2D eigenvalue weighted by atomic mass is 10.1. The van der Waals surface area contributed by atoms with Crippen LogP contribution in [0.5, 0.6) is 0 Å². The van der Waals surface area contributed by atoms with Crippen molar-refractivity contribution in [3.8, 4) is 0 Å². The van der Waals surface area contributed by atoms with E-state index >= 15 is 0 Å². The molecule has 0 spiro atoms. The summed E-state index contributed by atoms with van der Waals surface area (Å²) in [5.41, 5.74) is -0.477. The average molecular weight is 377 g/mol. The molecule has 6 nitrogen and oxygen atoms in total. The summed E-state index contributed by atoms with van der Waals surface area (Å²) in [5, 5.41) is 9.68. The molecule has 0 amide bonds. The van der Waals surface area contributed by atoms with Gasteiger partial charge < -0.3 is 19.5 Å². The summed E-state index contributed by atoms with van der Waals surface area (Å²) in [5.74, 6) is -1.29. The van der Waals surface area contributed by atoms with E-state index in [2.05, 4.69) is 16.8 Å². The largest absolute Gasteiger partial charge is 0.477 e. The Labute approximate surface area is 154 Å². The van der Waals surface area contributed by atoms with Crippen LogP contribution in [0.3, 0.4) is 0 Å². The number of carboxylic acid groups (broad SMARTS) is 1. The molecule has 0 saturated carbocycles. The van der Waals surface area contributed by atoms with Crippen molar-refractivity contribution in [3.63, 3.8) is 0 Å². The minimum atomic E-state index is -1.29. The first-order valence-corrected chi connectivity index (χ1v) is 9.46. The van der Waals surface area contributed by atoms with Crippen LogP contribution < -0.4 is 10.3 Å². The van der Waals surface area contributed by atoms with Gasteiger partial charge in [0.05, 0.1) is 22.1 Å². The van der Waals surface area contributed by atoms with Crippen LogP contribution in [-0.4, -0.2) is 59.3 Å². The van der Waals surface area contributed by atoms with E-state index in [0.717, 1.165) is 48.5 Å². The maximum atomic E-state index is 14.7. The zero-order chi connectivity index (χ0) is 18.6. The molecule has 1 fully saturated rings. The van der Waals surface area contributed by atoms with E-state index in [1.165, 1.54) is 6.20 Å². The maximum Gasteiger partial charge on any atom is 0.341 e. The second-order valence-electron chi connectivity index (χ2n) is 6.89. The Morgan fingerprint density at radius 3 is 2.62 bits per heavy atom. The minimum absolute atomic E-state index is 0.318. The summed E-state index contributed by atoms with van der Waals surface area (Å²) >= 11 is 1.13. The molecular formula is C18H20FN3O3S. The number of carbonyl (C=O) groups is 1. The van der Waals surface area contributed by atoms with Gasteiger partial charge in [0.15, 0.2) is 5.50 Å². The number of alkyl halides is 1. The van der Waals surface area contributed by atoms with Crippen molar-refractivity contribution in [1.29, 1.82) is 0 Å². The van der Waals surface area contributed by atoms with Gasteiger partial charge in [-0.3, -0.25) is 4.79 Å². The van der Waals surface area contributed by atoms with Crippen molar-refractivity contribution in [2.75, 3.05) is 38.1 Å². The first-order valence-electron chi connectivity index (χ1n) is 8.58. The highest BCUT2D eigenvalue weighted by molar-refractivity contribution is 8.00. The molecule has 0 aliphatic carbocycles. The lowest BCUT2D eigenvalue weighted by molar-refractivity contribution is 0.0694. The fourth-order valence-electron chi connectivity index (χ4n) is 3.63. The molecule has 0 bridgehead atoms. The molecule has 2 aliphatic rings. The highest BCUT2D eigenvalue weighted by Gasteiger charge is 2.32. The second kappa shape index (κ2) is 6.28. The smallest absolute Gasteiger partial charge is 0.341 e. The van der Waals surface area contributed by atoms with E-state index in [1.54, 1.807) is 17.6 Å². The fourth-order valence-corrected chi connectivity index (χ4v) is 4.83. The maximum absolute atomic E-state index is 14.7. The number of hydrogen-bond donors (Lipinski definition) is 1. The molecule has 3 heterocycles. The zero-order valence-electron chi connectivity index (χ0n) is 14.6. The van der Waals surface area contributed by atoms with Crippen LogP contribution in [-0.2, 0) is 0 Å². The Hall–Kier alpha value is -2.06. The first-order chi connectivity index (χ1) is 12.4. The van der Waals surface area contributed by atoms with Gasteiger partial charge in [-0.2, -0.15) is 0 Å². The summed E-state index contributed by atoms with van der Waals surface area (Å²) in [6.07, 6.45) is 1.29. The molecule has 1 aromatic carbocycles. The zero-order valence-corrected chi connectivity index (χ0v) is 15.4. The molecule has 1 aromatic heterocycles. The first kappa shape index (κ1) is 17.4. The molecule has 2 aliphatic heterocycles. The number of likely N-dealkylation sites (N-methyl/N-ethyl adjacent to an activating group) is 1. The molecule has 2 unspecified atom stereocenters. The summed E-state index contributed by atoms with van der Waals surface area (Å²) < 4.78 is 16.3. The van der Waals surface area contributed by atoms with Crippen molar-refractivity contribution in [2.45, 2.75) is 23.4 Å². The van der Waals surface area contributed by atoms with Crippen molar-refractivity contribution < 1.29 is 14.3 Å². The van der Waals surface area contributed by atoms with Crippen LogP contribution >= 0.6 is 11.8 Å². The van der Waals surface area contributed by atoms with Crippen molar-refractivity contribution >= 4 is 34.3 Å². The van der Waals surface area contributed by atoms with Gasteiger partial charge in [0.2, 0.25) is 5.43 Å². The number of nitrogens with zero attached hydrogens (tertiary/aromatic N) is 3. The van der Waals surface area contributed by atoms with Gasteiger partial charge in [-0.25, -0.2) is 9.18 Å². The Balaban J connectivity index is 1.97. The minimum Gasteiger partial charge on any atom is -0.477 e. The van der Waals surface area contributed by atoms with Gasteiger partial charge >= 0.3 is 5.97 Å². The van der Waals surface area contributed by atoms with Gasteiger partial charge in [-0.15, -0.1) is 0 Å². The van der Waals surface area contributed by atoms with E-state index in [-0.39, 0.29) is 5.56 Å². The standard InChI is InChI=1S/C18H20FN3O3S/c1-10-17(19)26-16-13(21-7-5-20(2)6-8-21)4-3-11-14(16)22(10)9-12(15(11)23)18(24)25/h3-4,9-10,17H,5-8H2,1-2H3,(H,24,25). The number of aromatic nitrogens is 1. The highest BCUT2D eigenvalue weighted by atomic mass is 32.2. The fraction of sp³-hybridized carbons (Fsp3) is 0.444. The lowest BCUT2D eigenvalue weighted by Gasteiger charge is -2.37. The molecule has 8 heteroatoms. The van der Waals surface area contributed by atoms with Crippen molar-refractivity contribution in [2.24, 2.45) is 0 Å². The predicted octanol–water partition coefficient (Wildman–Crippen LogP) is 2.41. The number of benzene rings is 1. The van der Waals surface area contributed by atoms with Crippen molar-refractivity contribution in [3.05, 3.63) is 34.1 Å². The monoisotopic (exact) mass is 377 g/mol. The quantitative estimate of drug-likeness (QED) is 0.867. The van der Waals surface area contributed by atoms with Gasteiger partial charge in [0.25, 0.3) is 0 Å². The summed E-state index contributed by atoms with van der Waals surface area (Å²) in [6.45, 7) is 5.21. The van der Waals surface area contributed by atoms with E-state index in [9.17, 15) is 19.1 Å². The number of halogens is 1. The van der Waals surface area contributed by atoms with Crippen LogP contribution in [0.15, 0.2) is 28.0 Å². The molecule has 1 N–H and O–H groups in total. The Kier molecular flexibility index (Phi) is 4.19. The number of thioether (sulfide) groups is 1. The molecule has 0 radical (unpaired) electrons. The normalized spacial score (nSPS) is 23.4. The van der Waals surface area contributed by atoms with Gasteiger partial charge in [-0.05, 0) is 26.1 Å². The van der Waals surface area contributed by atoms with Crippen LogP contribution in [0.2, 0.25) is 0 Å². The van der Waals surface area contributed by atoms with E-state index in [0.29, 0.717) is 10.9 Å². The van der Waals surface area contributed by atoms with Crippen molar-refractivity contribution in [1.82, 2.24) is 9.47 Å². The third kappa shape index (κ3) is 2.59. The number of piperazine rings is 1. The van der Waals surface area contributed by atoms with E-state index in [1.807, 2.05) is 6.07 Å². The molecule has 2 aromatic rings. The van der Waals surface area contributed by atoms with Crippen LogP contribution in [0.4, 0.5) is 10.1 Å². The predicted molar refractivity (Wildman–Crippen MR) is 100 cm³/mol. The Morgan fingerprint density at radius 1 is 1.27 bits per heavy atom. The molecule has 4 rings (SSSR count). The number of aromatic carboxylic acids is 1. The number of carboxylic acids is 1. The molecule has 138 valence electrons. The average Bonchev–Trinajstić information content (AvgIpc) is 2.61. The molecule has 2 atom stereocenters. The molecular weight excluding hydrogens is 357 g/mol. The second-order valence-corrected chi connectivity index (χ2v) is 7.99. The topological polar surface area (TPSA) is 65.8 Å². The third-order valence-electron chi connectivity index (χ3n) is 5.25.